The summed E-state index contributed by atoms with van der Waals surface area (Å²) in [5.74, 6) is -1.44. The molecule has 1 unspecified atom stereocenters. The molecule has 43 heavy (non-hydrogen) atoms. The van der Waals surface area contributed by atoms with Gasteiger partial charge in [-0.1, -0.05) is 26.5 Å². The maximum Gasteiger partial charge on any atom is 0.355 e. The summed E-state index contributed by atoms with van der Waals surface area (Å²) in [5.41, 5.74) is 0.648. The van der Waals surface area contributed by atoms with Gasteiger partial charge in [-0.2, -0.15) is 4.98 Å². The lowest BCUT2D eigenvalue weighted by molar-refractivity contribution is -0.126. The highest BCUT2D eigenvalue weighted by Gasteiger charge is 2.31. The van der Waals surface area contributed by atoms with Gasteiger partial charge in [0.2, 0.25) is 5.91 Å². The highest BCUT2D eigenvalue weighted by atomic mass is 19.1. The fraction of sp³-hybridized carbons (Fsp3) is 0.323. The number of anilines is 2. The van der Waals surface area contributed by atoms with Crippen molar-refractivity contribution in [2.45, 2.75) is 32.7 Å². The van der Waals surface area contributed by atoms with Gasteiger partial charge in [0.25, 0.3) is 0 Å². The van der Waals surface area contributed by atoms with Crippen LogP contribution >= 0.6 is 0 Å². The first-order valence-corrected chi connectivity index (χ1v) is 14.2. The molecule has 10 nitrogen and oxygen atoms in total. The van der Waals surface area contributed by atoms with Crippen molar-refractivity contribution >= 4 is 28.4 Å². The molecule has 0 aliphatic carbocycles. The molecule has 12 heteroatoms. The smallest absolute Gasteiger partial charge is 0.355 e. The van der Waals surface area contributed by atoms with Crippen molar-refractivity contribution in [3.05, 3.63) is 77.0 Å². The Morgan fingerprint density at radius 1 is 1.19 bits per heavy atom. The number of nitrogens with zero attached hydrogens (tertiary/aromatic N) is 6. The Hall–Kier alpha value is -4.87. The predicted molar refractivity (Wildman–Crippen MR) is 160 cm³/mol. The zero-order chi connectivity index (χ0) is 30.4. The van der Waals surface area contributed by atoms with Gasteiger partial charge >= 0.3 is 5.69 Å². The molecular formula is C31H31F2N7O3. The van der Waals surface area contributed by atoms with Crippen LogP contribution in [0.15, 0.2) is 54.0 Å². The summed E-state index contributed by atoms with van der Waals surface area (Å²) in [4.78, 5) is 43.6. The van der Waals surface area contributed by atoms with E-state index in [1.54, 1.807) is 23.2 Å². The largest absolute Gasteiger partial charge is 0.491 e. The molecule has 3 aromatic heterocycles. The Kier molecular flexibility index (Phi) is 7.28. The van der Waals surface area contributed by atoms with Crippen LogP contribution < -0.4 is 20.6 Å². The maximum absolute atomic E-state index is 16.1. The molecule has 0 spiro atoms. The first kappa shape index (κ1) is 28.3. The number of carbonyl (C=O) groups excluding carboxylic acids is 1. The van der Waals surface area contributed by atoms with Crippen LogP contribution in [-0.2, 0) is 4.79 Å². The number of carbonyl (C=O) groups is 1. The number of hydrogen-bond donors (Lipinski definition) is 1. The quantitative estimate of drug-likeness (QED) is 0.355. The molecule has 1 aromatic carbocycles. The summed E-state index contributed by atoms with van der Waals surface area (Å²) in [6.45, 7) is 10.9. The number of piperazine rings is 1. The Morgan fingerprint density at radius 3 is 2.74 bits per heavy atom. The van der Waals surface area contributed by atoms with Crippen LogP contribution in [0.3, 0.4) is 0 Å². The molecular weight excluding hydrogens is 556 g/mol. The average Bonchev–Trinajstić information content (AvgIpc) is 2.98. The lowest BCUT2D eigenvalue weighted by Gasteiger charge is -2.40. The molecule has 5 heterocycles. The monoisotopic (exact) mass is 587 g/mol. The van der Waals surface area contributed by atoms with Gasteiger partial charge in [0.15, 0.2) is 11.5 Å². The number of benzene rings is 1. The number of hydrogen-bond acceptors (Lipinski definition) is 8. The highest BCUT2D eigenvalue weighted by molar-refractivity contribution is 5.92. The number of amides is 1. The number of halogens is 2. The van der Waals surface area contributed by atoms with Gasteiger partial charge in [0.05, 0.1) is 28.0 Å². The minimum absolute atomic E-state index is 0.0934. The summed E-state index contributed by atoms with van der Waals surface area (Å²) < 4.78 is 38.7. The van der Waals surface area contributed by atoms with Crippen molar-refractivity contribution in [1.29, 1.82) is 0 Å². The van der Waals surface area contributed by atoms with Gasteiger partial charge in [-0.3, -0.25) is 9.78 Å². The lowest BCUT2D eigenvalue weighted by atomic mass is 10.1. The van der Waals surface area contributed by atoms with Gasteiger partial charge in [-0.25, -0.2) is 23.1 Å². The number of nitrogens with one attached hydrogen (secondary N) is 1. The molecule has 1 fully saturated rings. The van der Waals surface area contributed by atoms with Crippen LogP contribution in [0.25, 0.3) is 28.0 Å². The van der Waals surface area contributed by atoms with Crippen LogP contribution in [0.2, 0.25) is 0 Å². The van der Waals surface area contributed by atoms with Crippen molar-refractivity contribution in [3.63, 3.8) is 0 Å². The van der Waals surface area contributed by atoms with Gasteiger partial charge in [0.1, 0.15) is 29.7 Å². The second kappa shape index (κ2) is 11.1. The SMILES string of the molecule is C=CC(=O)N1CCN(c2nc(=O)n3c4nc(c(F)cc24)-c2c(F)cccc2OCCNc2ccnc(C(C)C)c2-3)C(C)C1. The number of rotatable bonds is 3. The third-order valence-electron chi connectivity index (χ3n) is 7.80. The lowest BCUT2D eigenvalue weighted by Crippen LogP contribution is -2.54. The minimum atomic E-state index is -0.797. The van der Waals surface area contributed by atoms with Gasteiger partial charge in [-0.15, -0.1) is 0 Å². The first-order chi connectivity index (χ1) is 20.7. The summed E-state index contributed by atoms with van der Waals surface area (Å²) in [6, 6.07) is 6.98. The summed E-state index contributed by atoms with van der Waals surface area (Å²) >= 11 is 0. The molecule has 2 bridgehead atoms. The highest BCUT2D eigenvalue weighted by Crippen LogP contribution is 2.38. The normalized spacial score (nSPS) is 16.6. The zero-order valence-corrected chi connectivity index (χ0v) is 24.1. The molecule has 222 valence electrons. The van der Waals surface area contributed by atoms with Gasteiger partial charge in [0, 0.05) is 38.4 Å². The Labute approximate surface area is 246 Å². The second-order valence-electron chi connectivity index (χ2n) is 10.9. The van der Waals surface area contributed by atoms with Crippen molar-refractivity contribution in [2.24, 2.45) is 0 Å². The van der Waals surface area contributed by atoms with E-state index in [9.17, 15) is 9.59 Å². The molecule has 1 amide bonds. The number of aromatic nitrogens is 4. The van der Waals surface area contributed by atoms with Crippen LogP contribution in [0.1, 0.15) is 32.4 Å². The summed E-state index contributed by atoms with van der Waals surface area (Å²) in [6.07, 6.45) is 2.91. The van der Waals surface area contributed by atoms with Crippen molar-refractivity contribution in [1.82, 2.24) is 24.4 Å². The predicted octanol–water partition coefficient (Wildman–Crippen LogP) is 4.27. The number of pyridine rings is 2. The fourth-order valence-electron chi connectivity index (χ4n) is 5.77. The molecule has 0 radical (unpaired) electrons. The van der Waals surface area contributed by atoms with E-state index in [-0.39, 0.29) is 58.3 Å². The fourth-order valence-corrected chi connectivity index (χ4v) is 5.77. The van der Waals surface area contributed by atoms with E-state index >= 15 is 8.78 Å². The van der Waals surface area contributed by atoms with Crippen molar-refractivity contribution in [2.75, 3.05) is 43.0 Å². The van der Waals surface area contributed by atoms with Crippen LogP contribution in [-0.4, -0.2) is 69.2 Å². The molecule has 6 rings (SSSR count). The topological polar surface area (TPSA) is 105 Å². The summed E-state index contributed by atoms with van der Waals surface area (Å²) in [7, 11) is 0. The van der Waals surface area contributed by atoms with E-state index in [2.05, 4.69) is 26.8 Å². The minimum Gasteiger partial charge on any atom is -0.491 e. The van der Waals surface area contributed by atoms with Crippen molar-refractivity contribution < 1.29 is 18.3 Å². The molecule has 1 atom stereocenters. The van der Waals surface area contributed by atoms with E-state index in [0.717, 1.165) is 0 Å². The van der Waals surface area contributed by atoms with Gasteiger partial charge < -0.3 is 19.9 Å². The standard InChI is InChI=1S/C31H31F2N7O3/c1-5-24(41)38-12-13-39(18(4)16-38)29-19-15-21(33)27-25-20(32)7-6-8-23(25)43-14-11-34-22-9-10-35-26(17(2)3)28(22)40(30(19)36-27)31(42)37-29/h5-10,15,17-18,34H,1,11-14,16H2,2-4H3. The zero-order valence-electron chi connectivity index (χ0n) is 24.1. The Bertz CT molecular complexity index is 1820. The Morgan fingerprint density at radius 2 is 2.00 bits per heavy atom. The number of ether oxygens (including phenoxy) is 1. The van der Waals surface area contributed by atoms with E-state index < -0.39 is 17.3 Å². The third-order valence-corrected chi connectivity index (χ3v) is 7.80. The van der Waals surface area contributed by atoms with Crippen molar-refractivity contribution in [3.8, 4) is 22.7 Å². The van der Waals surface area contributed by atoms with Gasteiger partial charge in [-0.05, 0) is 43.2 Å². The Balaban J connectivity index is 1.68. The molecule has 2 aliphatic heterocycles. The molecule has 1 saturated heterocycles. The van der Waals surface area contributed by atoms with Crippen LogP contribution in [0.5, 0.6) is 5.75 Å². The summed E-state index contributed by atoms with van der Waals surface area (Å²) in [5, 5.41) is 3.57. The molecule has 0 saturated carbocycles. The third kappa shape index (κ3) is 4.86. The van der Waals surface area contributed by atoms with E-state index in [1.165, 1.54) is 28.8 Å². The second-order valence-corrected chi connectivity index (χ2v) is 10.9. The maximum atomic E-state index is 16.1. The molecule has 4 aromatic rings. The molecule has 2 aliphatic rings. The molecule has 1 N–H and O–H groups in total. The van der Waals surface area contributed by atoms with E-state index in [4.69, 9.17) is 4.74 Å². The average molecular weight is 588 g/mol. The van der Waals surface area contributed by atoms with Crippen LogP contribution in [0.4, 0.5) is 20.3 Å². The first-order valence-electron chi connectivity index (χ1n) is 14.2. The van der Waals surface area contributed by atoms with Crippen LogP contribution in [0, 0.1) is 11.6 Å². The van der Waals surface area contributed by atoms with E-state index in [1.807, 2.05) is 25.7 Å². The van der Waals surface area contributed by atoms with E-state index in [0.29, 0.717) is 43.2 Å². The number of fused-ring (bicyclic) bond motifs is 5.